The molecule has 1 heterocycles. The Bertz CT molecular complexity index is 508. The van der Waals surface area contributed by atoms with Crippen LogP contribution < -0.4 is 0 Å². The van der Waals surface area contributed by atoms with Crippen molar-refractivity contribution >= 4 is 0 Å². The molecule has 0 atom stereocenters. The second kappa shape index (κ2) is 4.97. The van der Waals surface area contributed by atoms with E-state index in [2.05, 4.69) is 10.1 Å². The first kappa shape index (κ1) is 11.6. The van der Waals surface area contributed by atoms with Gasteiger partial charge in [-0.3, -0.25) is 0 Å². The third kappa shape index (κ3) is 2.62. The normalized spacial score (nSPS) is 10.7. The van der Waals surface area contributed by atoms with E-state index in [0.29, 0.717) is 24.7 Å². The quantitative estimate of drug-likeness (QED) is 0.875. The van der Waals surface area contributed by atoms with E-state index < -0.39 is 0 Å². The number of nitrogens with zero attached hydrogens (tertiary/aromatic N) is 2. The molecule has 0 aliphatic rings. The Morgan fingerprint density at radius 2 is 2.24 bits per heavy atom. The highest BCUT2D eigenvalue weighted by molar-refractivity contribution is 5.59. The van der Waals surface area contributed by atoms with Crippen molar-refractivity contribution in [1.82, 2.24) is 10.1 Å². The molecule has 17 heavy (non-hydrogen) atoms. The van der Waals surface area contributed by atoms with Crippen LogP contribution in [0.5, 0.6) is 5.75 Å². The lowest BCUT2D eigenvalue weighted by Gasteiger charge is -2.00. The van der Waals surface area contributed by atoms with Gasteiger partial charge in [-0.25, -0.2) is 0 Å². The molecule has 0 saturated heterocycles. The summed E-state index contributed by atoms with van der Waals surface area (Å²) in [6.07, 6.45) is 0.622. The highest BCUT2D eigenvalue weighted by atomic mass is 16.5. The number of benzene rings is 1. The van der Waals surface area contributed by atoms with Crippen LogP contribution in [-0.4, -0.2) is 29.0 Å². The van der Waals surface area contributed by atoms with Crippen molar-refractivity contribution in [1.29, 1.82) is 0 Å². The van der Waals surface area contributed by atoms with Crippen LogP contribution in [0.1, 0.15) is 11.4 Å². The molecule has 2 rings (SSSR count). The van der Waals surface area contributed by atoms with Crippen LogP contribution in [0.15, 0.2) is 22.7 Å². The molecule has 90 valence electrons. The van der Waals surface area contributed by atoms with Gasteiger partial charge in [0, 0.05) is 19.1 Å². The molecular weight excluding hydrogens is 220 g/mol. The van der Waals surface area contributed by atoms with Crippen LogP contribution in [0, 0.1) is 6.92 Å². The summed E-state index contributed by atoms with van der Waals surface area (Å²) >= 11 is 0. The van der Waals surface area contributed by atoms with E-state index in [9.17, 15) is 5.11 Å². The van der Waals surface area contributed by atoms with Crippen LogP contribution in [0.3, 0.4) is 0 Å². The molecule has 1 aromatic heterocycles. The first-order valence-electron chi connectivity index (χ1n) is 5.32. The van der Waals surface area contributed by atoms with Gasteiger partial charge in [0.15, 0.2) is 5.82 Å². The number of aryl methyl sites for hydroxylation is 1. The predicted molar refractivity (Wildman–Crippen MR) is 61.7 cm³/mol. The third-order valence-electron chi connectivity index (χ3n) is 2.44. The molecule has 1 N–H and O–H groups in total. The number of hydrogen-bond acceptors (Lipinski definition) is 5. The summed E-state index contributed by atoms with van der Waals surface area (Å²) in [6, 6.07) is 5.02. The maximum Gasteiger partial charge on any atom is 0.258 e. The van der Waals surface area contributed by atoms with Crippen LogP contribution in [-0.2, 0) is 11.2 Å². The highest BCUT2D eigenvalue weighted by Gasteiger charge is 2.11. The van der Waals surface area contributed by atoms with Crippen molar-refractivity contribution in [3.63, 3.8) is 0 Å². The van der Waals surface area contributed by atoms with Crippen LogP contribution in [0.4, 0.5) is 0 Å². The van der Waals surface area contributed by atoms with Gasteiger partial charge in [-0.15, -0.1) is 0 Å². The van der Waals surface area contributed by atoms with Gasteiger partial charge in [0.2, 0.25) is 0 Å². The van der Waals surface area contributed by atoms with Gasteiger partial charge >= 0.3 is 0 Å². The van der Waals surface area contributed by atoms with Crippen LogP contribution in [0.25, 0.3) is 11.5 Å². The predicted octanol–water partition coefficient (Wildman–Crippen LogP) is 1.94. The first-order valence-corrected chi connectivity index (χ1v) is 5.32. The molecule has 0 amide bonds. The Balaban J connectivity index is 2.24. The van der Waals surface area contributed by atoms with Crippen molar-refractivity contribution in [3.8, 4) is 17.2 Å². The zero-order valence-corrected chi connectivity index (χ0v) is 9.80. The fourth-order valence-corrected chi connectivity index (χ4v) is 1.55. The lowest BCUT2D eigenvalue weighted by atomic mass is 10.1. The third-order valence-corrected chi connectivity index (χ3v) is 2.44. The number of rotatable bonds is 4. The number of aromatic nitrogens is 2. The fourth-order valence-electron chi connectivity index (χ4n) is 1.55. The minimum atomic E-state index is 0.227. The topological polar surface area (TPSA) is 68.4 Å². The van der Waals surface area contributed by atoms with Gasteiger partial charge in [-0.2, -0.15) is 4.98 Å². The second-order valence-electron chi connectivity index (χ2n) is 3.76. The minimum absolute atomic E-state index is 0.227. The number of hydrogen-bond donors (Lipinski definition) is 1. The van der Waals surface area contributed by atoms with Crippen molar-refractivity contribution in [3.05, 3.63) is 29.6 Å². The molecule has 5 heteroatoms. The van der Waals surface area contributed by atoms with E-state index in [0.717, 1.165) is 11.1 Å². The van der Waals surface area contributed by atoms with Crippen molar-refractivity contribution < 1.29 is 14.4 Å². The Morgan fingerprint density at radius 1 is 1.41 bits per heavy atom. The molecule has 0 saturated carbocycles. The second-order valence-corrected chi connectivity index (χ2v) is 3.76. The van der Waals surface area contributed by atoms with E-state index in [4.69, 9.17) is 9.26 Å². The van der Waals surface area contributed by atoms with Crippen LogP contribution in [0.2, 0.25) is 0 Å². The van der Waals surface area contributed by atoms with E-state index >= 15 is 0 Å². The summed E-state index contributed by atoms with van der Waals surface area (Å²) in [5.41, 5.74) is 1.73. The molecule has 1 aromatic carbocycles. The Morgan fingerprint density at radius 3 is 2.94 bits per heavy atom. The average Bonchev–Trinajstić information content (AvgIpc) is 2.75. The van der Waals surface area contributed by atoms with Gasteiger partial charge < -0.3 is 14.4 Å². The summed E-state index contributed by atoms with van der Waals surface area (Å²) in [4.78, 5) is 4.27. The molecule has 0 spiro atoms. The zero-order valence-electron chi connectivity index (χ0n) is 9.80. The van der Waals surface area contributed by atoms with Gasteiger partial charge in [-0.05, 0) is 30.7 Å². The van der Waals surface area contributed by atoms with Crippen LogP contribution >= 0.6 is 0 Å². The standard InChI is InChI=1S/C12H14N2O3/c1-8-7-9(15)3-4-10(8)12-13-11(14-17-12)5-6-16-2/h3-4,7,15H,5-6H2,1-2H3. The number of methoxy groups -OCH3 is 1. The van der Waals surface area contributed by atoms with Crippen molar-refractivity contribution in [2.75, 3.05) is 13.7 Å². The van der Waals surface area contributed by atoms with E-state index in [1.54, 1.807) is 25.3 Å². The molecule has 0 unspecified atom stereocenters. The number of aromatic hydroxyl groups is 1. The summed E-state index contributed by atoms with van der Waals surface area (Å²) in [6.45, 7) is 2.45. The van der Waals surface area contributed by atoms with Gasteiger partial charge in [0.25, 0.3) is 5.89 Å². The SMILES string of the molecule is COCCc1noc(-c2ccc(O)cc2C)n1. The Hall–Kier alpha value is -1.88. The largest absolute Gasteiger partial charge is 0.508 e. The van der Waals surface area contributed by atoms with Crippen molar-refractivity contribution in [2.24, 2.45) is 0 Å². The zero-order chi connectivity index (χ0) is 12.3. The summed E-state index contributed by atoms with van der Waals surface area (Å²) in [5.74, 6) is 1.31. The molecule has 2 aromatic rings. The van der Waals surface area contributed by atoms with E-state index in [1.165, 1.54) is 0 Å². The summed E-state index contributed by atoms with van der Waals surface area (Å²) < 4.78 is 10.1. The number of ether oxygens (including phenoxy) is 1. The monoisotopic (exact) mass is 234 g/mol. The molecule has 0 bridgehead atoms. The summed E-state index contributed by atoms with van der Waals surface area (Å²) in [5, 5.41) is 13.2. The lowest BCUT2D eigenvalue weighted by molar-refractivity contribution is 0.199. The maximum absolute atomic E-state index is 9.32. The smallest absolute Gasteiger partial charge is 0.258 e. The number of phenolic OH excluding ortho intramolecular Hbond substituents is 1. The van der Waals surface area contributed by atoms with E-state index in [-0.39, 0.29) is 5.75 Å². The lowest BCUT2D eigenvalue weighted by Crippen LogP contribution is -1.96. The highest BCUT2D eigenvalue weighted by Crippen LogP contribution is 2.24. The van der Waals surface area contributed by atoms with Crippen molar-refractivity contribution in [2.45, 2.75) is 13.3 Å². The average molecular weight is 234 g/mol. The molecule has 5 nitrogen and oxygen atoms in total. The maximum atomic E-state index is 9.32. The number of phenols is 1. The van der Waals surface area contributed by atoms with E-state index in [1.807, 2.05) is 6.92 Å². The summed E-state index contributed by atoms with van der Waals surface area (Å²) in [7, 11) is 1.63. The fraction of sp³-hybridized carbons (Fsp3) is 0.333. The molecule has 0 fully saturated rings. The molecule has 0 radical (unpaired) electrons. The Kier molecular flexibility index (Phi) is 3.39. The van der Waals surface area contributed by atoms with Gasteiger partial charge in [0.1, 0.15) is 5.75 Å². The molecule has 0 aliphatic carbocycles. The minimum Gasteiger partial charge on any atom is -0.508 e. The molecular formula is C12H14N2O3. The van der Waals surface area contributed by atoms with Gasteiger partial charge in [0.05, 0.1) is 6.61 Å². The first-order chi connectivity index (χ1) is 8.20. The molecule has 0 aliphatic heterocycles. The Labute approximate surface area is 99.0 Å². The van der Waals surface area contributed by atoms with Gasteiger partial charge in [-0.1, -0.05) is 5.16 Å².